The van der Waals surface area contributed by atoms with Crippen molar-refractivity contribution in [3.05, 3.63) is 61.8 Å². The third-order valence-electron chi connectivity index (χ3n) is 2.38. The molecule has 0 atom stereocenters. The van der Waals surface area contributed by atoms with Gasteiger partial charge in [-0.3, -0.25) is 14.8 Å². The van der Waals surface area contributed by atoms with Crippen LogP contribution in [0.4, 0.5) is 5.82 Å². The lowest BCUT2D eigenvalue weighted by atomic mass is 10.1. The summed E-state index contributed by atoms with van der Waals surface area (Å²) in [4.78, 5) is 26.7. The summed E-state index contributed by atoms with van der Waals surface area (Å²) >= 11 is 5.87. The second kappa shape index (κ2) is 5.55. The van der Waals surface area contributed by atoms with Crippen molar-refractivity contribution in [1.82, 2.24) is 9.97 Å². The Morgan fingerprint density at radius 3 is 2.72 bits per heavy atom. The highest BCUT2D eigenvalue weighted by atomic mass is 35.5. The van der Waals surface area contributed by atoms with Crippen LogP contribution < -0.4 is 16.6 Å². The molecule has 2 rings (SSSR count). The largest absolute Gasteiger partial charge is 0.371 e. The van der Waals surface area contributed by atoms with Crippen LogP contribution in [0, 0.1) is 0 Å². The number of aromatic amines is 2. The molecule has 0 aliphatic heterocycles. The minimum atomic E-state index is -0.521. The zero-order chi connectivity index (χ0) is 13.0. The monoisotopic (exact) mass is 265 g/mol. The van der Waals surface area contributed by atoms with E-state index >= 15 is 0 Å². The van der Waals surface area contributed by atoms with Crippen LogP contribution >= 0.6 is 11.6 Å². The van der Waals surface area contributed by atoms with E-state index in [0.717, 1.165) is 12.0 Å². The van der Waals surface area contributed by atoms with Gasteiger partial charge in [0.1, 0.15) is 5.82 Å². The average molecular weight is 266 g/mol. The molecule has 2 aromatic rings. The average Bonchev–Trinajstić information content (AvgIpc) is 2.27. The summed E-state index contributed by atoms with van der Waals surface area (Å²) in [5, 5.41) is 3.67. The van der Waals surface area contributed by atoms with E-state index in [1.54, 1.807) is 0 Å². The minimum Gasteiger partial charge on any atom is -0.371 e. The Morgan fingerprint density at radius 2 is 2.00 bits per heavy atom. The smallest absolute Gasteiger partial charge is 0.327 e. The Kier molecular flexibility index (Phi) is 3.84. The Labute approximate surface area is 108 Å². The lowest BCUT2D eigenvalue weighted by Gasteiger charge is -2.05. The van der Waals surface area contributed by atoms with Crippen molar-refractivity contribution >= 4 is 17.4 Å². The fourth-order valence-electron chi connectivity index (χ4n) is 1.60. The molecule has 0 aliphatic rings. The molecule has 1 aromatic carbocycles. The van der Waals surface area contributed by atoms with Gasteiger partial charge < -0.3 is 5.32 Å². The first-order valence-electron chi connectivity index (χ1n) is 5.45. The lowest BCUT2D eigenvalue weighted by Crippen LogP contribution is -2.23. The summed E-state index contributed by atoms with van der Waals surface area (Å²) in [6.07, 6.45) is 0.745. The molecule has 3 N–H and O–H groups in total. The Morgan fingerprint density at radius 1 is 1.17 bits per heavy atom. The maximum absolute atomic E-state index is 11.1. The predicted octanol–water partition coefficient (Wildman–Crippen LogP) is 1.37. The van der Waals surface area contributed by atoms with Gasteiger partial charge in [-0.2, -0.15) is 0 Å². The zero-order valence-corrected chi connectivity index (χ0v) is 10.3. The summed E-state index contributed by atoms with van der Waals surface area (Å²) in [6.45, 7) is 0.597. The molecule has 0 saturated heterocycles. The second-order valence-electron chi connectivity index (χ2n) is 3.81. The second-order valence-corrected chi connectivity index (χ2v) is 4.24. The van der Waals surface area contributed by atoms with Gasteiger partial charge in [0.15, 0.2) is 0 Å². The third kappa shape index (κ3) is 3.49. The van der Waals surface area contributed by atoms with Crippen LogP contribution in [0.1, 0.15) is 5.56 Å². The highest BCUT2D eigenvalue weighted by molar-refractivity contribution is 6.30. The van der Waals surface area contributed by atoms with Crippen molar-refractivity contribution in [1.29, 1.82) is 0 Å². The molecule has 5 nitrogen and oxygen atoms in total. The number of halogens is 1. The molecule has 18 heavy (non-hydrogen) atoms. The molecule has 6 heteroatoms. The number of benzene rings is 1. The topological polar surface area (TPSA) is 77.8 Å². The molecular weight excluding hydrogens is 254 g/mol. The molecule has 0 fully saturated rings. The van der Waals surface area contributed by atoms with Crippen LogP contribution in [0.3, 0.4) is 0 Å². The normalized spacial score (nSPS) is 10.3. The van der Waals surface area contributed by atoms with Crippen LogP contribution in [-0.4, -0.2) is 16.5 Å². The van der Waals surface area contributed by atoms with Gasteiger partial charge >= 0.3 is 5.69 Å². The Balaban J connectivity index is 1.96. The van der Waals surface area contributed by atoms with Gasteiger partial charge in [0.2, 0.25) is 0 Å². The van der Waals surface area contributed by atoms with Crippen molar-refractivity contribution in [2.45, 2.75) is 6.42 Å². The van der Waals surface area contributed by atoms with Crippen molar-refractivity contribution < 1.29 is 0 Å². The lowest BCUT2D eigenvalue weighted by molar-refractivity contribution is 0.974. The van der Waals surface area contributed by atoms with E-state index in [9.17, 15) is 9.59 Å². The summed E-state index contributed by atoms with van der Waals surface area (Å²) in [5.74, 6) is 0.408. The molecule has 0 unspecified atom stereocenters. The van der Waals surface area contributed by atoms with E-state index in [1.807, 2.05) is 24.3 Å². The van der Waals surface area contributed by atoms with Gasteiger partial charge in [-0.15, -0.1) is 0 Å². The quantitative estimate of drug-likeness (QED) is 0.781. The van der Waals surface area contributed by atoms with E-state index in [0.29, 0.717) is 17.4 Å². The molecule has 0 saturated carbocycles. The molecule has 0 bridgehead atoms. The molecule has 94 valence electrons. The minimum absolute atomic E-state index is 0.408. The Hall–Kier alpha value is -2.01. The first-order valence-corrected chi connectivity index (χ1v) is 5.83. The number of hydrogen-bond acceptors (Lipinski definition) is 3. The summed E-state index contributed by atoms with van der Waals surface area (Å²) < 4.78 is 0. The number of aromatic nitrogens is 2. The van der Waals surface area contributed by atoms with Gasteiger partial charge in [0.05, 0.1) is 0 Å². The molecule has 0 aliphatic carbocycles. The first kappa shape index (κ1) is 12.4. The maximum atomic E-state index is 11.1. The number of hydrogen-bond donors (Lipinski definition) is 3. The summed E-state index contributed by atoms with van der Waals surface area (Å²) in [7, 11) is 0. The zero-order valence-electron chi connectivity index (χ0n) is 9.50. The SMILES string of the molecule is O=c1cc(NCCc2cccc(Cl)c2)[nH]c(=O)[nH]1. The number of H-pyrrole nitrogens is 2. The van der Waals surface area contributed by atoms with E-state index in [1.165, 1.54) is 6.07 Å². The van der Waals surface area contributed by atoms with Crippen molar-refractivity contribution in [2.75, 3.05) is 11.9 Å². The summed E-state index contributed by atoms with van der Waals surface area (Å²) in [5.41, 5.74) is 0.138. The van der Waals surface area contributed by atoms with Crippen molar-refractivity contribution in [2.24, 2.45) is 0 Å². The van der Waals surface area contributed by atoms with Crippen LogP contribution in [0.2, 0.25) is 5.02 Å². The Bertz CT molecular complexity index is 620. The van der Waals surface area contributed by atoms with Crippen LogP contribution in [0.5, 0.6) is 0 Å². The molecule has 1 heterocycles. The van der Waals surface area contributed by atoms with Crippen LogP contribution in [0.25, 0.3) is 0 Å². The fourth-order valence-corrected chi connectivity index (χ4v) is 1.81. The maximum Gasteiger partial charge on any atom is 0.327 e. The molecule has 1 aromatic heterocycles. The van der Waals surface area contributed by atoms with E-state index < -0.39 is 11.2 Å². The van der Waals surface area contributed by atoms with Crippen LogP contribution in [-0.2, 0) is 6.42 Å². The standard InChI is InChI=1S/C12H12ClN3O2/c13-9-3-1-2-8(6-9)4-5-14-10-7-11(17)16-12(18)15-10/h1-3,6-7H,4-5H2,(H3,14,15,16,17,18). The van der Waals surface area contributed by atoms with E-state index in [-0.39, 0.29) is 0 Å². The van der Waals surface area contributed by atoms with E-state index in [2.05, 4.69) is 15.3 Å². The van der Waals surface area contributed by atoms with Gasteiger partial charge in [-0.05, 0) is 24.1 Å². The highest BCUT2D eigenvalue weighted by Crippen LogP contribution is 2.11. The summed E-state index contributed by atoms with van der Waals surface area (Å²) in [6, 6.07) is 8.84. The van der Waals surface area contributed by atoms with Crippen molar-refractivity contribution in [3.63, 3.8) is 0 Å². The van der Waals surface area contributed by atoms with Gasteiger partial charge in [0, 0.05) is 17.6 Å². The molecule has 0 radical (unpaired) electrons. The van der Waals surface area contributed by atoms with Gasteiger partial charge in [-0.25, -0.2) is 4.79 Å². The fraction of sp³-hybridized carbons (Fsp3) is 0.167. The predicted molar refractivity (Wildman–Crippen MR) is 71.3 cm³/mol. The number of rotatable bonds is 4. The number of nitrogens with one attached hydrogen (secondary N) is 3. The highest BCUT2D eigenvalue weighted by Gasteiger charge is 1.97. The van der Waals surface area contributed by atoms with E-state index in [4.69, 9.17) is 11.6 Å². The molecular formula is C12H12ClN3O2. The first-order chi connectivity index (χ1) is 8.63. The third-order valence-corrected chi connectivity index (χ3v) is 2.61. The van der Waals surface area contributed by atoms with Crippen LogP contribution in [0.15, 0.2) is 39.9 Å². The molecule has 0 spiro atoms. The van der Waals surface area contributed by atoms with Gasteiger partial charge in [-0.1, -0.05) is 23.7 Å². The number of anilines is 1. The van der Waals surface area contributed by atoms with Gasteiger partial charge in [0.25, 0.3) is 5.56 Å². The van der Waals surface area contributed by atoms with Crippen molar-refractivity contribution in [3.8, 4) is 0 Å². The molecule has 0 amide bonds.